The van der Waals surface area contributed by atoms with Gasteiger partial charge in [-0.05, 0) is 98.4 Å². The van der Waals surface area contributed by atoms with Crippen molar-refractivity contribution in [3.8, 4) is 5.75 Å². The Labute approximate surface area is 198 Å². The van der Waals surface area contributed by atoms with Crippen LogP contribution in [-0.2, 0) is 4.74 Å². The average molecular weight is 477 g/mol. The van der Waals surface area contributed by atoms with Crippen molar-refractivity contribution in [2.24, 2.45) is 5.92 Å². The Morgan fingerprint density at radius 2 is 1.59 bits per heavy atom. The molecule has 0 unspecified atom stereocenters. The van der Waals surface area contributed by atoms with Crippen LogP contribution in [0, 0.1) is 23.4 Å². The van der Waals surface area contributed by atoms with Crippen molar-refractivity contribution in [2.75, 3.05) is 13.7 Å². The van der Waals surface area contributed by atoms with Crippen LogP contribution >= 0.6 is 0 Å². The van der Waals surface area contributed by atoms with E-state index < -0.39 is 23.4 Å². The Hall–Kier alpha value is -2.54. The number of halogens is 3. The van der Waals surface area contributed by atoms with Crippen LogP contribution in [0.4, 0.5) is 13.2 Å². The van der Waals surface area contributed by atoms with E-state index in [2.05, 4.69) is 0 Å². The van der Waals surface area contributed by atoms with E-state index in [1.807, 2.05) is 6.07 Å². The third-order valence-corrected chi connectivity index (χ3v) is 7.47. The van der Waals surface area contributed by atoms with Crippen LogP contribution in [0.15, 0.2) is 30.3 Å². The summed E-state index contributed by atoms with van der Waals surface area (Å²) in [5.41, 5.74) is 0.780. The SMILES string of the molecule is COc1ccc(C2CCC(OC(=O)c3ccc(C4CCC(CO)CC4)c(F)c3F)CC2)cc1F. The quantitative estimate of drug-likeness (QED) is 0.500. The van der Waals surface area contributed by atoms with E-state index in [1.165, 1.54) is 25.3 Å². The lowest BCUT2D eigenvalue weighted by Gasteiger charge is -2.29. The van der Waals surface area contributed by atoms with Gasteiger partial charge in [0.15, 0.2) is 23.2 Å². The number of aliphatic hydroxyl groups is 1. The molecule has 0 aromatic heterocycles. The van der Waals surface area contributed by atoms with Gasteiger partial charge in [0.05, 0.1) is 12.7 Å². The van der Waals surface area contributed by atoms with E-state index in [4.69, 9.17) is 9.47 Å². The fourth-order valence-electron chi connectivity index (χ4n) is 5.36. The molecular formula is C27H31F3O4. The second-order valence-corrected chi connectivity index (χ2v) is 9.50. The second-order valence-electron chi connectivity index (χ2n) is 9.50. The maximum Gasteiger partial charge on any atom is 0.341 e. The Kier molecular flexibility index (Phi) is 7.81. The van der Waals surface area contributed by atoms with Crippen LogP contribution in [0.2, 0.25) is 0 Å². The molecular weight excluding hydrogens is 445 g/mol. The number of benzene rings is 2. The number of methoxy groups -OCH3 is 1. The lowest BCUT2D eigenvalue weighted by Crippen LogP contribution is -2.25. The highest BCUT2D eigenvalue weighted by molar-refractivity contribution is 5.90. The standard InChI is InChI=1S/C27H31F3O4/c1-33-24-13-8-19(14-23(24)28)17-6-9-20(10-7-17)34-27(32)22-12-11-21(25(29)26(22)30)18-4-2-16(15-31)3-5-18/h8,11-14,16-18,20,31H,2-7,9-10,15H2,1H3. The summed E-state index contributed by atoms with van der Waals surface area (Å²) in [6, 6.07) is 7.74. The molecule has 7 heteroatoms. The third-order valence-electron chi connectivity index (χ3n) is 7.47. The number of hydrogen-bond acceptors (Lipinski definition) is 4. The van der Waals surface area contributed by atoms with Crippen LogP contribution < -0.4 is 4.74 Å². The zero-order valence-electron chi connectivity index (χ0n) is 19.4. The van der Waals surface area contributed by atoms with Gasteiger partial charge in [0.2, 0.25) is 0 Å². The molecule has 1 N–H and O–H groups in total. The summed E-state index contributed by atoms with van der Waals surface area (Å²) in [5, 5.41) is 9.28. The number of esters is 1. The van der Waals surface area contributed by atoms with Gasteiger partial charge in [0, 0.05) is 6.61 Å². The van der Waals surface area contributed by atoms with Gasteiger partial charge in [-0.3, -0.25) is 0 Å². The molecule has 0 heterocycles. The van der Waals surface area contributed by atoms with E-state index >= 15 is 0 Å². The zero-order chi connectivity index (χ0) is 24.2. The highest BCUT2D eigenvalue weighted by Crippen LogP contribution is 2.38. The van der Waals surface area contributed by atoms with E-state index in [1.54, 1.807) is 6.07 Å². The van der Waals surface area contributed by atoms with Crippen molar-refractivity contribution in [3.05, 3.63) is 64.5 Å². The molecule has 0 bridgehead atoms. The van der Waals surface area contributed by atoms with Gasteiger partial charge in [-0.1, -0.05) is 12.1 Å². The van der Waals surface area contributed by atoms with Gasteiger partial charge >= 0.3 is 5.97 Å². The summed E-state index contributed by atoms with van der Waals surface area (Å²) < 4.78 is 54.1. The summed E-state index contributed by atoms with van der Waals surface area (Å²) >= 11 is 0. The maximum absolute atomic E-state index is 14.8. The monoisotopic (exact) mass is 476 g/mol. The van der Waals surface area contributed by atoms with E-state index in [0.29, 0.717) is 38.5 Å². The van der Waals surface area contributed by atoms with Gasteiger partial charge in [0.1, 0.15) is 6.10 Å². The highest BCUT2D eigenvalue weighted by Gasteiger charge is 2.30. The molecule has 2 aliphatic rings. The molecule has 0 atom stereocenters. The maximum atomic E-state index is 14.8. The molecule has 2 fully saturated rings. The number of rotatable bonds is 6. The van der Waals surface area contributed by atoms with Crippen molar-refractivity contribution in [1.29, 1.82) is 0 Å². The Morgan fingerprint density at radius 3 is 2.21 bits per heavy atom. The van der Waals surface area contributed by atoms with Crippen LogP contribution in [0.1, 0.15) is 84.7 Å². The summed E-state index contributed by atoms with van der Waals surface area (Å²) in [7, 11) is 1.42. The summed E-state index contributed by atoms with van der Waals surface area (Å²) in [4.78, 5) is 12.6. The molecule has 4 rings (SSSR count). The lowest BCUT2D eigenvalue weighted by atomic mass is 9.78. The van der Waals surface area contributed by atoms with Crippen molar-refractivity contribution in [2.45, 2.75) is 69.3 Å². The van der Waals surface area contributed by atoms with Crippen molar-refractivity contribution in [1.82, 2.24) is 0 Å². The first-order valence-corrected chi connectivity index (χ1v) is 12.0. The molecule has 2 aromatic carbocycles. The fraction of sp³-hybridized carbons (Fsp3) is 0.519. The Morgan fingerprint density at radius 1 is 0.912 bits per heavy atom. The number of carbonyl (C=O) groups excluding carboxylic acids is 1. The summed E-state index contributed by atoms with van der Waals surface area (Å²) in [5.74, 6) is -2.95. The number of hydrogen-bond donors (Lipinski definition) is 1. The molecule has 2 aliphatic carbocycles. The predicted octanol–water partition coefficient (Wildman–Crippen LogP) is 6.26. The van der Waals surface area contributed by atoms with Crippen molar-refractivity contribution in [3.63, 3.8) is 0 Å². The molecule has 184 valence electrons. The molecule has 2 aromatic rings. The molecule has 0 saturated heterocycles. The zero-order valence-corrected chi connectivity index (χ0v) is 19.4. The van der Waals surface area contributed by atoms with Crippen molar-refractivity contribution >= 4 is 5.97 Å². The van der Waals surface area contributed by atoms with Gasteiger partial charge in [0.25, 0.3) is 0 Å². The minimum atomic E-state index is -1.16. The van der Waals surface area contributed by atoms with E-state index in [0.717, 1.165) is 18.4 Å². The van der Waals surface area contributed by atoms with Gasteiger partial charge < -0.3 is 14.6 Å². The molecule has 0 amide bonds. The number of aliphatic hydroxyl groups excluding tert-OH is 1. The predicted molar refractivity (Wildman–Crippen MR) is 122 cm³/mol. The first-order valence-electron chi connectivity index (χ1n) is 12.0. The normalized spacial score (nSPS) is 25.1. The molecule has 34 heavy (non-hydrogen) atoms. The lowest BCUT2D eigenvalue weighted by molar-refractivity contribution is 0.0189. The third kappa shape index (κ3) is 5.24. The van der Waals surface area contributed by atoms with Crippen LogP contribution in [0.3, 0.4) is 0 Å². The van der Waals surface area contributed by atoms with Gasteiger partial charge in [-0.25, -0.2) is 18.0 Å². The highest BCUT2D eigenvalue weighted by atomic mass is 19.2. The molecule has 2 saturated carbocycles. The largest absolute Gasteiger partial charge is 0.494 e. The first kappa shape index (κ1) is 24.6. The smallest absolute Gasteiger partial charge is 0.341 e. The van der Waals surface area contributed by atoms with E-state index in [9.17, 15) is 23.1 Å². The Balaban J connectivity index is 1.35. The first-order chi connectivity index (χ1) is 16.4. The van der Waals surface area contributed by atoms with E-state index in [-0.39, 0.29) is 47.3 Å². The van der Waals surface area contributed by atoms with Gasteiger partial charge in [-0.2, -0.15) is 0 Å². The molecule has 4 nitrogen and oxygen atoms in total. The minimum absolute atomic E-state index is 0.111. The minimum Gasteiger partial charge on any atom is -0.494 e. The average Bonchev–Trinajstić information content (AvgIpc) is 2.86. The fourth-order valence-corrected chi connectivity index (χ4v) is 5.36. The topological polar surface area (TPSA) is 55.8 Å². The summed E-state index contributed by atoms with van der Waals surface area (Å²) in [6.45, 7) is 0.118. The number of ether oxygens (including phenoxy) is 2. The van der Waals surface area contributed by atoms with Gasteiger partial charge in [-0.15, -0.1) is 0 Å². The van der Waals surface area contributed by atoms with Crippen molar-refractivity contribution < 1.29 is 32.5 Å². The molecule has 0 radical (unpaired) electrons. The molecule has 0 aliphatic heterocycles. The summed E-state index contributed by atoms with van der Waals surface area (Å²) in [6.07, 6.45) is 5.09. The van der Waals surface area contributed by atoms with Crippen LogP contribution in [-0.4, -0.2) is 30.9 Å². The Bertz CT molecular complexity index is 1010. The number of carbonyl (C=O) groups is 1. The molecule has 0 spiro atoms. The second kappa shape index (κ2) is 10.8. The van der Waals surface area contributed by atoms with Crippen LogP contribution in [0.5, 0.6) is 5.75 Å². The van der Waals surface area contributed by atoms with Crippen LogP contribution in [0.25, 0.3) is 0 Å².